The maximum absolute atomic E-state index is 12.1. The highest BCUT2D eigenvalue weighted by Crippen LogP contribution is 2.37. The molecule has 19 heavy (non-hydrogen) atoms. The van der Waals surface area contributed by atoms with Gasteiger partial charge in [0.15, 0.2) is 0 Å². The van der Waals surface area contributed by atoms with Gasteiger partial charge in [-0.15, -0.1) is 0 Å². The summed E-state index contributed by atoms with van der Waals surface area (Å²) >= 11 is 0. The molecule has 4 nitrogen and oxygen atoms in total. The van der Waals surface area contributed by atoms with Crippen molar-refractivity contribution in [3.8, 4) is 0 Å². The Balaban J connectivity index is 2.09. The van der Waals surface area contributed by atoms with Crippen LogP contribution in [0.5, 0.6) is 0 Å². The zero-order chi connectivity index (χ0) is 13.4. The quantitative estimate of drug-likeness (QED) is 0.844. The van der Waals surface area contributed by atoms with Crippen LogP contribution in [0.3, 0.4) is 0 Å². The van der Waals surface area contributed by atoms with Gasteiger partial charge in [-0.3, -0.25) is 9.59 Å². The van der Waals surface area contributed by atoms with Crippen LogP contribution in [0.15, 0.2) is 12.1 Å². The fraction of sp³-hybridized carbons (Fsp3) is 0.467. The highest BCUT2D eigenvalue weighted by atomic mass is 16.2. The lowest BCUT2D eigenvalue weighted by atomic mass is 9.89. The van der Waals surface area contributed by atoms with Gasteiger partial charge in [0.05, 0.1) is 11.3 Å². The molecule has 2 aliphatic rings. The Morgan fingerprint density at radius 3 is 2.79 bits per heavy atom. The molecule has 1 heterocycles. The molecule has 0 unspecified atom stereocenters. The van der Waals surface area contributed by atoms with Crippen molar-refractivity contribution >= 4 is 17.4 Å². The second kappa shape index (κ2) is 4.78. The van der Waals surface area contributed by atoms with E-state index in [2.05, 4.69) is 5.43 Å². The van der Waals surface area contributed by atoms with Crippen LogP contribution in [0.25, 0.3) is 0 Å². The molecule has 100 valence electrons. The van der Waals surface area contributed by atoms with Crippen LogP contribution in [-0.4, -0.2) is 18.2 Å². The van der Waals surface area contributed by atoms with E-state index in [9.17, 15) is 9.59 Å². The van der Waals surface area contributed by atoms with Crippen molar-refractivity contribution in [2.45, 2.75) is 39.0 Å². The first kappa shape index (κ1) is 12.4. The fourth-order valence-electron chi connectivity index (χ4n) is 2.94. The molecule has 0 saturated heterocycles. The molecule has 0 atom stereocenters. The number of hydrogen-bond donors (Lipinski definition) is 1. The Hall–Kier alpha value is -1.68. The molecule has 0 saturated carbocycles. The molecule has 1 amide bonds. The van der Waals surface area contributed by atoms with E-state index in [1.807, 2.05) is 19.1 Å². The Bertz CT molecular complexity index is 551. The van der Waals surface area contributed by atoms with Crippen LogP contribution < -0.4 is 10.4 Å². The summed E-state index contributed by atoms with van der Waals surface area (Å²) in [6.45, 7) is 2.73. The molecule has 0 bridgehead atoms. The number of nitrogens with one attached hydrogen (secondary N) is 1. The Labute approximate surface area is 112 Å². The third kappa shape index (κ3) is 1.87. The number of nitrogens with zero attached hydrogens (tertiary/aromatic N) is 1. The van der Waals surface area contributed by atoms with Gasteiger partial charge in [0, 0.05) is 6.54 Å². The van der Waals surface area contributed by atoms with E-state index in [1.54, 1.807) is 0 Å². The van der Waals surface area contributed by atoms with E-state index >= 15 is 0 Å². The third-order valence-corrected chi connectivity index (χ3v) is 3.89. The summed E-state index contributed by atoms with van der Waals surface area (Å²) in [5.74, 6) is -0.825. The molecular formula is C15H18N2O2. The average Bonchev–Trinajstić information content (AvgIpc) is 2.69. The van der Waals surface area contributed by atoms with Gasteiger partial charge in [-0.25, -0.2) is 10.4 Å². The average molecular weight is 258 g/mol. The normalized spacial score (nSPS) is 17.6. The fourth-order valence-corrected chi connectivity index (χ4v) is 2.94. The van der Waals surface area contributed by atoms with Gasteiger partial charge in [-0.05, 0) is 49.3 Å². The summed E-state index contributed by atoms with van der Waals surface area (Å²) in [5.41, 5.74) is 6.94. The van der Waals surface area contributed by atoms with Gasteiger partial charge in [0.1, 0.15) is 0 Å². The maximum Gasteiger partial charge on any atom is 0.313 e. The molecule has 1 aliphatic heterocycles. The van der Waals surface area contributed by atoms with Gasteiger partial charge in [0.2, 0.25) is 0 Å². The first-order valence-corrected chi connectivity index (χ1v) is 7.01. The van der Waals surface area contributed by atoms with E-state index in [-0.39, 0.29) is 5.78 Å². The summed E-state index contributed by atoms with van der Waals surface area (Å²) in [5, 5.41) is 1.48. The molecule has 1 aliphatic carbocycles. The largest absolute Gasteiger partial charge is 0.313 e. The lowest BCUT2D eigenvalue weighted by molar-refractivity contribution is -0.114. The molecule has 3 rings (SSSR count). The minimum absolute atomic E-state index is 0.382. The van der Waals surface area contributed by atoms with Crippen molar-refractivity contribution < 1.29 is 9.59 Å². The molecule has 4 heteroatoms. The maximum atomic E-state index is 12.1. The van der Waals surface area contributed by atoms with Gasteiger partial charge >= 0.3 is 5.91 Å². The minimum atomic E-state index is -0.442. The van der Waals surface area contributed by atoms with E-state index < -0.39 is 5.91 Å². The van der Waals surface area contributed by atoms with Crippen LogP contribution in [0, 0.1) is 0 Å². The number of carbonyl (C=O) groups is 2. The molecule has 1 N–H and O–H groups in total. The van der Waals surface area contributed by atoms with Crippen molar-refractivity contribution in [3.63, 3.8) is 0 Å². The van der Waals surface area contributed by atoms with Gasteiger partial charge in [0.25, 0.3) is 5.78 Å². The van der Waals surface area contributed by atoms with Gasteiger partial charge < -0.3 is 0 Å². The molecule has 0 spiro atoms. The van der Waals surface area contributed by atoms with Crippen LogP contribution in [-0.2, 0) is 17.6 Å². The number of aryl methyl sites for hydroxylation is 1. The van der Waals surface area contributed by atoms with E-state index in [1.165, 1.54) is 22.6 Å². The molecule has 0 radical (unpaired) electrons. The van der Waals surface area contributed by atoms with Gasteiger partial charge in [-0.2, -0.15) is 0 Å². The smallest absolute Gasteiger partial charge is 0.283 e. The van der Waals surface area contributed by atoms with Crippen LogP contribution in [0.2, 0.25) is 0 Å². The predicted octanol–water partition coefficient (Wildman–Crippen LogP) is 2.01. The minimum Gasteiger partial charge on any atom is -0.283 e. The van der Waals surface area contributed by atoms with E-state index in [0.717, 1.165) is 31.4 Å². The number of Topliss-reactive ketones (excluding diaryl/α,β-unsaturated/α-hetero) is 1. The summed E-state index contributed by atoms with van der Waals surface area (Å²) < 4.78 is 0. The van der Waals surface area contributed by atoms with E-state index in [0.29, 0.717) is 12.1 Å². The number of benzene rings is 1. The van der Waals surface area contributed by atoms with Crippen molar-refractivity contribution in [2.75, 3.05) is 11.6 Å². The van der Waals surface area contributed by atoms with E-state index in [4.69, 9.17) is 0 Å². The first-order valence-electron chi connectivity index (χ1n) is 7.01. The topological polar surface area (TPSA) is 49.4 Å². The first-order chi connectivity index (χ1) is 9.24. The SMILES string of the molecule is CCCNN1C(=O)C(=O)c2ccc3c(c21)CCCC3. The Morgan fingerprint density at radius 2 is 2.00 bits per heavy atom. The molecular weight excluding hydrogens is 240 g/mol. The van der Waals surface area contributed by atoms with Crippen molar-refractivity contribution in [1.29, 1.82) is 0 Å². The highest BCUT2D eigenvalue weighted by Gasteiger charge is 2.38. The Morgan fingerprint density at radius 1 is 1.21 bits per heavy atom. The van der Waals surface area contributed by atoms with Crippen molar-refractivity contribution in [3.05, 3.63) is 28.8 Å². The zero-order valence-corrected chi connectivity index (χ0v) is 11.2. The number of hydrogen-bond acceptors (Lipinski definition) is 3. The highest BCUT2D eigenvalue weighted by molar-refractivity contribution is 6.52. The zero-order valence-electron chi connectivity index (χ0n) is 11.2. The summed E-state index contributed by atoms with van der Waals surface area (Å²) in [6, 6.07) is 3.83. The monoisotopic (exact) mass is 258 g/mol. The standard InChI is InChI=1S/C15H18N2O2/c1-2-9-16-17-13-11-6-4-3-5-10(11)7-8-12(13)14(18)15(17)19/h7-8,16H,2-6,9H2,1H3. The lowest BCUT2D eigenvalue weighted by Gasteiger charge is -2.24. The second-order valence-electron chi connectivity index (χ2n) is 5.18. The molecule has 1 aromatic rings. The molecule has 1 aromatic carbocycles. The number of hydrazine groups is 1. The van der Waals surface area contributed by atoms with Crippen LogP contribution >= 0.6 is 0 Å². The molecule has 0 aromatic heterocycles. The number of rotatable bonds is 3. The number of carbonyl (C=O) groups excluding carboxylic acids is 2. The summed E-state index contributed by atoms with van der Waals surface area (Å²) in [7, 11) is 0. The van der Waals surface area contributed by atoms with Crippen molar-refractivity contribution in [1.82, 2.24) is 5.43 Å². The summed E-state index contributed by atoms with van der Waals surface area (Å²) in [6.07, 6.45) is 5.25. The predicted molar refractivity (Wildman–Crippen MR) is 73.2 cm³/mol. The number of ketones is 1. The number of amides is 1. The van der Waals surface area contributed by atoms with Gasteiger partial charge in [-0.1, -0.05) is 13.0 Å². The third-order valence-electron chi connectivity index (χ3n) is 3.89. The van der Waals surface area contributed by atoms with Crippen LogP contribution in [0.1, 0.15) is 47.7 Å². The molecule has 0 fully saturated rings. The lowest BCUT2D eigenvalue weighted by Crippen LogP contribution is -2.43. The number of anilines is 1. The Kier molecular flexibility index (Phi) is 3.11. The number of fused-ring (bicyclic) bond motifs is 3. The second-order valence-corrected chi connectivity index (χ2v) is 5.18. The van der Waals surface area contributed by atoms with Crippen molar-refractivity contribution in [2.24, 2.45) is 0 Å². The summed E-state index contributed by atoms with van der Waals surface area (Å²) in [4.78, 5) is 24.1. The van der Waals surface area contributed by atoms with Crippen LogP contribution in [0.4, 0.5) is 5.69 Å².